The van der Waals surface area contributed by atoms with E-state index >= 15 is 0 Å². The molecule has 170 valence electrons. The van der Waals surface area contributed by atoms with E-state index < -0.39 is 5.91 Å². The van der Waals surface area contributed by atoms with Crippen LogP contribution in [0.3, 0.4) is 0 Å². The Morgan fingerprint density at radius 2 is 1.79 bits per heavy atom. The number of amides is 1. The zero-order chi connectivity index (χ0) is 23.5. The molecule has 0 atom stereocenters. The molecule has 0 radical (unpaired) electrons. The Balaban J connectivity index is 1.38. The van der Waals surface area contributed by atoms with Gasteiger partial charge in [-0.1, -0.05) is 40.9 Å². The Morgan fingerprint density at radius 3 is 2.55 bits per heavy atom. The van der Waals surface area contributed by atoms with Gasteiger partial charge >= 0.3 is 0 Å². The van der Waals surface area contributed by atoms with E-state index in [1.807, 2.05) is 6.07 Å². The van der Waals surface area contributed by atoms with Crippen LogP contribution in [0.5, 0.6) is 5.75 Å². The first kappa shape index (κ1) is 24.1. The number of hydrogen-bond acceptors (Lipinski definition) is 4. The van der Waals surface area contributed by atoms with Gasteiger partial charge in [0.15, 0.2) is 18.2 Å². The van der Waals surface area contributed by atoms with Gasteiger partial charge < -0.3 is 10.1 Å². The Bertz CT molecular complexity index is 1330. The summed E-state index contributed by atoms with van der Waals surface area (Å²) < 4.78 is 10.2. The summed E-state index contributed by atoms with van der Waals surface area (Å²) in [5, 5.41) is 13.0. The molecule has 4 aromatic rings. The number of benzene rings is 2. The van der Waals surface area contributed by atoms with E-state index in [-0.39, 0.29) is 12.4 Å². The van der Waals surface area contributed by atoms with Crippen molar-refractivity contribution in [3.05, 3.63) is 90.1 Å². The fourth-order valence-corrected chi connectivity index (χ4v) is 4.37. The highest BCUT2D eigenvalue weighted by Gasteiger charge is 2.15. The predicted molar refractivity (Wildman–Crippen MR) is 135 cm³/mol. The summed E-state index contributed by atoms with van der Waals surface area (Å²) in [6.07, 6.45) is 3.41. The Kier molecular flexibility index (Phi) is 7.65. The fourth-order valence-electron chi connectivity index (χ4n) is 2.84. The first-order valence-electron chi connectivity index (χ1n) is 9.38. The van der Waals surface area contributed by atoms with Gasteiger partial charge in [-0.15, -0.1) is 0 Å². The smallest absolute Gasteiger partial charge is 0.277 e. The van der Waals surface area contributed by atoms with Gasteiger partial charge in [0.2, 0.25) is 0 Å². The lowest BCUT2D eigenvalue weighted by Crippen LogP contribution is -2.15. The van der Waals surface area contributed by atoms with Crippen LogP contribution >= 0.6 is 66.7 Å². The van der Waals surface area contributed by atoms with Gasteiger partial charge in [-0.2, -0.15) is 10.2 Å². The van der Waals surface area contributed by atoms with E-state index in [1.54, 1.807) is 53.5 Å². The van der Waals surface area contributed by atoms with Crippen molar-refractivity contribution in [1.82, 2.24) is 19.6 Å². The van der Waals surface area contributed by atoms with E-state index in [2.05, 4.69) is 47.4 Å². The van der Waals surface area contributed by atoms with Gasteiger partial charge in [-0.05, 0) is 73.8 Å². The molecule has 0 spiro atoms. The van der Waals surface area contributed by atoms with Gasteiger partial charge in [0.1, 0.15) is 5.75 Å². The van der Waals surface area contributed by atoms with Crippen LogP contribution in [-0.2, 0) is 13.3 Å². The summed E-state index contributed by atoms with van der Waals surface area (Å²) in [4.78, 5) is 12.6. The maximum Gasteiger partial charge on any atom is 0.277 e. The maximum absolute atomic E-state index is 12.6. The van der Waals surface area contributed by atoms with Crippen LogP contribution in [0.4, 0.5) is 5.82 Å². The molecule has 7 nitrogen and oxygen atoms in total. The molecule has 2 heterocycles. The van der Waals surface area contributed by atoms with Crippen LogP contribution in [0.25, 0.3) is 0 Å². The van der Waals surface area contributed by atoms with Gasteiger partial charge in [0.05, 0.1) is 25.5 Å². The van der Waals surface area contributed by atoms with Crippen molar-refractivity contribution < 1.29 is 9.53 Å². The van der Waals surface area contributed by atoms with E-state index in [4.69, 9.17) is 39.5 Å². The molecule has 2 aromatic heterocycles. The molecule has 12 heteroatoms. The third-order valence-corrected chi connectivity index (χ3v) is 6.57. The van der Waals surface area contributed by atoms with Crippen LogP contribution in [0.1, 0.15) is 16.1 Å². The molecule has 2 aromatic carbocycles. The number of halogens is 5. The minimum absolute atomic E-state index is 0.121. The third-order valence-electron chi connectivity index (χ3n) is 4.40. The first-order chi connectivity index (χ1) is 15.8. The van der Waals surface area contributed by atoms with E-state index in [1.165, 1.54) is 4.68 Å². The molecule has 0 aliphatic carbocycles. The lowest BCUT2D eigenvalue weighted by molar-refractivity contribution is 0.101. The largest absolute Gasteiger partial charge is 0.470 e. The number of hydrogen-bond donors (Lipinski definition) is 1. The summed E-state index contributed by atoms with van der Waals surface area (Å²) in [7, 11) is 0. The summed E-state index contributed by atoms with van der Waals surface area (Å²) in [6.45, 7) is 0.576. The zero-order valence-electron chi connectivity index (χ0n) is 16.6. The molecule has 0 fully saturated rings. The lowest BCUT2D eigenvalue weighted by Gasteiger charge is -2.08. The highest BCUT2D eigenvalue weighted by Crippen LogP contribution is 2.28. The first-order valence-corrected chi connectivity index (χ1v) is 12.1. The zero-order valence-corrected chi connectivity index (χ0v) is 22.0. The van der Waals surface area contributed by atoms with Crippen molar-refractivity contribution in [1.29, 1.82) is 0 Å². The Morgan fingerprint density at radius 1 is 0.970 bits per heavy atom. The molecule has 33 heavy (non-hydrogen) atoms. The molecular weight excluding hydrogens is 620 g/mol. The maximum atomic E-state index is 12.6. The molecule has 0 unspecified atom stereocenters. The van der Waals surface area contributed by atoms with Crippen molar-refractivity contribution >= 4 is 78.4 Å². The predicted octanol–water partition coefficient (Wildman–Crippen LogP) is 6.90. The van der Waals surface area contributed by atoms with Gasteiger partial charge in [0, 0.05) is 17.4 Å². The summed E-state index contributed by atoms with van der Waals surface area (Å²) in [5.41, 5.74) is 1.14. The molecule has 0 saturated heterocycles. The molecule has 0 saturated carbocycles. The van der Waals surface area contributed by atoms with E-state index in [9.17, 15) is 4.79 Å². The monoisotopic (exact) mass is 631 g/mol. The van der Waals surface area contributed by atoms with Crippen molar-refractivity contribution in [3.8, 4) is 5.75 Å². The molecule has 0 aliphatic rings. The second-order valence-electron chi connectivity index (χ2n) is 6.81. The molecule has 1 N–H and O–H groups in total. The highest BCUT2D eigenvalue weighted by molar-refractivity contribution is 9.11. The van der Waals surface area contributed by atoms with Crippen molar-refractivity contribution in [3.63, 3.8) is 0 Å². The lowest BCUT2D eigenvalue weighted by atomic mass is 10.2. The van der Waals surface area contributed by atoms with Crippen molar-refractivity contribution in [2.24, 2.45) is 0 Å². The summed E-state index contributed by atoms with van der Waals surface area (Å²) in [6, 6.07) is 12.2. The van der Waals surface area contributed by atoms with E-state index in [0.29, 0.717) is 37.7 Å². The van der Waals surface area contributed by atoms with Gasteiger partial charge in [0.25, 0.3) is 5.91 Å². The average molecular weight is 635 g/mol. The highest BCUT2D eigenvalue weighted by atomic mass is 79.9. The van der Waals surface area contributed by atoms with Crippen molar-refractivity contribution in [2.45, 2.75) is 13.3 Å². The average Bonchev–Trinajstić information content (AvgIpc) is 3.37. The van der Waals surface area contributed by atoms with Crippen LogP contribution in [0.15, 0.2) is 63.8 Å². The fraction of sp³-hybridized carbons (Fsp3) is 0.0952. The number of ether oxygens (including phenoxy) is 1. The number of nitrogens with zero attached hydrogens (tertiary/aromatic N) is 4. The van der Waals surface area contributed by atoms with Crippen LogP contribution in [0, 0.1) is 0 Å². The van der Waals surface area contributed by atoms with Crippen LogP contribution in [-0.4, -0.2) is 25.5 Å². The van der Waals surface area contributed by atoms with Crippen molar-refractivity contribution in [2.75, 3.05) is 5.32 Å². The Labute approximate surface area is 220 Å². The number of aromatic nitrogens is 4. The number of carbonyl (C=O) groups excluding carboxylic acids is 1. The molecule has 0 bridgehead atoms. The SMILES string of the molecule is O=C(Nc1nn(Cc2ccc(Cl)c(Cl)c2)cc1Br)c1ccn(COc2ccc(Cl)cc2Br)n1. The minimum Gasteiger partial charge on any atom is -0.470 e. The number of rotatable bonds is 7. The summed E-state index contributed by atoms with van der Waals surface area (Å²) >= 11 is 24.8. The number of carbonyl (C=O) groups is 1. The number of anilines is 1. The molecule has 0 aliphatic heterocycles. The second-order valence-corrected chi connectivity index (χ2v) is 9.77. The number of nitrogens with one attached hydrogen (secondary N) is 1. The van der Waals surface area contributed by atoms with Crippen LogP contribution < -0.4 is 10.1 Å². The Hall–Kier alpha value is -2.04. The standard InChI is InChI=1S/C21H14Br2Cl3N5O2/c22-14-8-13(24)2-4-19(14)33-11-30-6-5-18(28-30)21(32)27-20-15(23)10-31(29-20)9-12-1-3-16(25)17(26)7-12/h1-8,10H,9,11H2,(H,27,29,32). The third kappa shape index (κ3) is 6.10. The van der Waals surface area contributed by atoms with Gasteiger partial charge in [-0.25, -0.2) is 4.68 Å². The van der Waals surface area contributed by atoms with E-state index in [0.717, 1.165) is 10.0 Å². The van der Waals surface area contributed by atoms with Crippen LogP contribution in [0.2, 0.25) is 15.1 Å². The molecule has 1 amide bonds. The quantitative estimate of drug-likeness (QED) is 0.240. The normalized spacial score (nSPS) is 10.9. The van der Waals surface area contributed by atoms with Gasteiger partial charge in [-0.3, -0.25) is 9.48 Å². The molecule has 4 rings (SSSR count). The second kappa shape index (κ2) is 10.5. The summed E-state index contributed by atoms with van der Waals surface area (Å²) in [5.74, 6) is 0.579. The minimum atomic E-state index is -0.401. The topological polar surface area (TPSA) is 74.0 Å². The molecular formula is C21H14Br2Cl3N5O2.